The first-order chi connectivity index (χ1) is 22.1. The van der Waals surface area contributed by atoms with Crippen LogP contribution >= 0.6 is 0 Å². The van der Waals surface area contributed by atoms with Gasteiger partial charge in [0.2, 0.25) is 11.8 Å². The first-order valence-corrected chi connectivity index (χ1v) is 16.1. The number of hydrogen-bond donors (Lipinski definition) is 3. The van der Waals surface area contributed by atoms with Crippen molar-refractivity contribution in [3.8, 4) is 22.5 Å². The van der Waals surface area contributed by atoms with E-state index in [1.165, 1.54) is 25.7 Å². The molecule has 0 aliphatic carbocycles. The number of carbonyl (C=O) groups excluding carboxylic acids is 2. The van der Waals surface area contributed by atoms with Crippen LogP contribution in [-0.4, -0.2) is 75.8 Å². The zero-order valence-electron chi connectivity index (χ0n) is 25.5. The number of fused-ring (bicyclic) bond motifs is 3. The number of aromatic amines is 1. The van der Waals surface area contributed by atoms with Crippen LogP contribution in [0.15, 0.2) is 73.1 Å². The lowest BCUT2D eigenvalue weighted by atomic mass is 10.0. The molecule has 2 saturated heterocycles. The highest BCUT2D eigenvalue weighted by atomic mass is 16.2. The maximum absolute atomic E-state index is 13.1. The molecular weight excluding hydrogens is 562 g/mol. The summed E-state index contributed by atoms with van der Waals surface area (Å²) in [5.74, 6) is -0.0126. The highest BCUT2D eigenvalue weighted by Crippen LogP contribution is 2.40. The first-order valence-electron chi connectivity index (χ1n) is 16.1. The second-order valence-corrected chi connectivity index (χ2v) is 12.1. The molecule has 0 unspecified atom stereocenters. The van der Waals surface area contributed by atoms with E-state index >= 15 is 0 Å². The largest absolute Gasteiger partial charge is 0.353 e. The molecule has 3 N–H and O–H groups in total. The molecule has 0 bridgehead atoms. The summed E-state index contributed by atoms with van der Waals surface area (Å²) in [6, 6.07) is 19.7. The number of carbonyl (C=O) groups is 2. The van der Waals surface area contributed by atoms with E-state index in [0.717, 1.165) is 95.0 Å². The summed E-state index contributed by atoms with van der Waals surface area (Å²) >= 11 is 0. The fourth-order valence-corrected chi connectivity index (χ4v) is 6.67. The monoisotopic (exact) mass is 601 g/mol. The van der Waals surface area contributed by atoms with Gasteiger partial charge in [0.1, 0.15) is 0 Å². The van der Waals surface area contributed by atoms with Gasteiger partial charge in [0, 0.05) is 71.6 Å². The van der Waals surface area contributed by atoms with Crippen LogP contribution in [0.1, 0.15) is 38.5 Å². The lowest BCUT2D eigenvalue weighted by Crippen LogP contribution is -2.25. The zero-order chi connectivity index (χ0) is 30.6. The number of amides is 2. The van der Waals surface area contributed by atoms with Crippen LogP contribution in [0.2, 0.25) is 0 Å². The van der Waals surface area contributed by atoms with Crippen molar-refractivity contribution in [3.63, 3.8) is 0 Å². The van der Waals surface area contributed by atoms with Gasteiger partial charge < -0.3 is 25.4 Å². The molecule has 5 aromatic rings. The van der Waals surface area contributed by atoms with Gasteiger partial charge in [-0.1, -0.05) is 12.1 Å². The molecule has 0 atom stereocenters. The summed E-state index contributed by atoms with van der Waals surface area (Å²) in [7, 11) is 0. The van der Waals surface area contributed by atoms with Crippen LogP contribution in [0.3, 0.4) is 0 Å². The van der Waals surface area contributed by atoms with Crippen molar-refractivity contribution in [1.29, 1.82) is 0 Å². The fraction of sp³-hybridized carbons (Fsp3) is 0.333. The quantitative estimate of drug-likeness (QED) is 0.174. The summed E-state index contributed by atoms with van der Waals surface area (Å²) < 4.78 is 0. The molecule has 9 nitrogen and oxygen atoms in total. The van der Waals surface area contributed by atoms with E-state index < -0.39 is 0 Å². The summed E-state index contributed by atoms with van der Waals surface area (Å²) in [6.07, 6.45) is 9.26. The number of anilines is 2. The Morgan fingerprint density at radius 1 is 0.644 bits per heavy atom. The number of nitrogens with one attached hydrogen (secondary N) is 3. The number of hydrogen-bond acceptors (Lipinski definition) is 6. The summed E-state index contributed by atoms with van der Waals surface area (Å²) in [5.41, 5.74) is 6.64. The van der Waals surface area contributed by atoms with Crippen LogP contribution in [0, 0.1) is 0 Å². The van der Waals surface area contributed by atoms with Crippen molar-refractivity contribution in [2.45, 2.75) is 38.5 Å². The minimum absolute atomic E-state index is 0.00630. The van der Waals surface area contributed by atoms with Crippen molar-refractivity contribution < 1.29 is 9.59 Å². The molecule has 9 heteroatoms. The molecule has 2 aromatic carbocycles. The van der Waals surface area contributed by atoms with Crippen molar-refractivity contribution in [3.05, 3.63) is 73.1 Å². The normalized spacial score (nSPS) is 15.6. The number of pyridine rings is 2. The topological polar surface area (TPSA) is 106 Å². The standard InChI is InChI=1S/C36H39N7O2/c44-33(11-19-42-15-5-6-16-42)39-25-21-27-28-22-26(40-34(45)12-20-43-17-7-8-18-43)24-30(32-10-2-4-14-38-32)36(28)41-35(27)29(23-25)31-9-1-3-13-37-31/h1-4,9-10,13-14,21-24,41H,5-8,11-12,15-20H2,(H,39,44)(H,40,45). The lowest BCUT2D eigenvalue weighted by Gasteiger charge is -2.15. The third kappa shape index (κ3) is 6.60. The summed E-state index contributed by atoms with van der Waals surface area (Å²) in [5, 5.41) is 8.21. The van der Waals surface area contributed by atoms with Gasteiger partial charge in [0.15, 0.2) is 0 Å². The van der Waals surface area contributed by atoms with Gasteiger partial charge in [0.05, 0.1) is 22.4 Å². The molecule has 5 heterocycles. The van der Waals surface area contributed by atoms with Gasteiger partial charge in [-0.3, -0.25) is 19.6 Å². The van der Waals surface area contributed by atoms with Gasteiger partial charge in [-0.2, -0.15) is 0 Å². The van der Waals surface area contributed by atoms with Gasteiger partial charge >= 0.3 is 0 Å². The fourth-order valence-electron chi connectivity index (χ4n) is 6.67. The average Bonchev–Trinajstić information content (AvgIpc) is 3.85. The first kappa shape index (κ1) is 29.1. The van der Waals surface area contributed by atoms with Gasteiger partial charge in [-0.25, -0.2) is 0 Å². The minimum Gasteiger partial charge on any atom is -0.353 e. The molecule has 2 fully saturated rings. The average molecular weight is 602 g/mol. The predicted molar refractivity (Wildman–Crippen MR) is 180 cm³/mol. The molecule has 0 saturated carbocycles. The molecule has 0 radical (unpaired) electrons. The van der Waals surface area contributed by atoms with E-state index in [1.807, 2.05) is 60.7 Å². The molecule has 45 heavy (non-hydrogen) atoms. The van der Waals surface area contributed by atoms with Gasteiger partial charge in [-0.15, -0.1) is 0 Å². The van der Waals surface area contributed by atoms with Crippen LogP contribution in [0.25, 0.3) is 44.3 Å². The Balaban J connectivity index is 1.29. The predicted octanol–water partition coefficient (Wildman–Crippen LogP) is 6.29. The number of aromatic nitrogens is 3. The maximum Gasteiger partial charge on any atom is 0.225 e. The van der Waals surface area contributed by atoms with E-state index in [4.69, 9.17) is 0 Å². The summed E-state index contributed by atoms with van der Waals surface area (Å²) in [4.78, 5) is 43.9. The van der Waals surface area contributed by atoms with Crippen molar-refractivity contribution in [2.24, 2.45) is 0 Å². The Morgan fingerprint density at radius 3 is 1.49 bits per heavy atom. The Kier molecular flexibility index (Phi) is 8.53. The molecule has 7 rings (SSSR count). The Morgan fingerprint density at radius 2 is 1.09 bits per heavy atom. The van der Waals surface area contributed by atoms with Crippen molar-refractivity contribution in [2.75, 3.05) is 49.9 Å². The van der Waals surface area contributed by atoms with Crippen molar-refractivity contribution in [1.82, 2.24) is 24.8 Å². The van der Waals surface area contributed by atoms with Crippen molar-refractivity contribution >= 4 is 45.0 Å². The summed E-state index contributed by atoms with van der Waals surface area (Å²) in [6.45, 7) is 5.79. The maximum atomic E-state index is 13.1. The van der Waals surface area contributed by atoms with Crippen LogP contribution in [0.4, 0.5) is 11.4 Å². The smallest absolute Gasteiger partial charge is 0.225 e. The van der Waals surface area contributed by atoms with E-state index in [-0.39, 0.29) is 11.8 Å². The molecule has 2 amide bonds. The van der Waals surface area contributed by atoms with Crippen LogP contribution in [0.5, 0.6) is 0 Å². The zero-order valence-corrected chi connectivity index (χ0v) is 25.5. The van der Waals surface area contributed by atoms with Crippen LogP contribution in [-0.2, 0) is 9.59 Å². The number of rotatable bonds is 10. The Labute approximate surface area is 263 Å². The number of benzene rings is 2. The van der Waals surface area contributed by atoms with Gasteiger partial charge in [-0.05, 0) is 100 Å². The highest BCUT2D eigenvalue weighted by Gasteiger charge is 2.20. The van der Waals surface area contributed by atoms with Crippen LogP contribution < -0.4 is 10.6 Å². The number of likely N-dealkylation sites (tertiary alicyclic amines) is 2. The third-order valence-electron chi connectivity index (χ3n) is 8.97. The molecule has 2 aliphatic rings. The second kappa shape index (κ2) is 13.2. The van der Waals surface area contributed by atoms with E-state index in [9.17, 15) is 9.59 Å². The lowest BCUT2D eigenvalue weighted by molar-refractivity contribution is -0.117. The molecular formula is C36H39N7O2. The minimum atomic E-state index is -0.00630. The second-order valence-electron chi connectivity index (χ2n) is 12.1. The molecule has 3 aromatic heterocycles. The SMILES string of the molecule is O=C(CCN1CCCC1)Nc1cc(-c2ccccn2)c2[nH]c3c(-c4ccccn4)cc(NC(=O)CCN4CCCC4)cc3c2c1. The number of H-pyrrole nitrogens is 1. The highest BCUT2D eigenvalue weighted by molar-refractivity contribution is 6.18. The third-order valence-corrected chi connectivity index (χ3v) is 8.97. The van der Waals surface area contributed by atoms with E-state index in [0.29, 0.717) is 12.8 Å². The van der Waals surface area contributed by atoms with E-state index in [1.54, 1.807) is 12.4 Å². The Bertz CT molecular complexity index is 1680. The Hall–Kier alpha value is -4.60. The van der Waals surface area contributed by atoms with E-state index in [2.05, 4.69) is 35.4 Å². The molecule has 2 aliphatic heterocycles. The molecule has 230 valence electrons. The van der Waals surface area contributed by atoms with Gasteiger partial charge in [0.25, 0.3) is 0 Å². The number of nitrogens with zero attached hydrogens (tertiary/aromatic N) is 4. The molecule has 0 spiro atoms.